The van der Waals surface area contributed by atoms with Crippen LogP contribution in [0.5, 0.6) is 0 Å². The van der Waals surface area contributed by atoms with Gasteiger partial charge in [0.15, 0.2) is 0 Å². The third-order valence-electron chi connectivity index (χ3n) is 0.905. The van der Waals surface area contributed by atoms with Crippen LogP contribution in [0, 0.1) is 17.3 Å². The minimum absolute atomic E-state index is 0.0447. The summed E-state index contributed by atoms with van der Waals surface area (Å²) >= 11 is 0. The lowest BCUT2D eigenvalue weighted by atomic mass is 9.98. The minimum atomic E-state index is -0.399. The predicted octanol–water partition coefficient (Wildman–Crippen LogP) is 1.97. The Hall–Kier alpha value is -0.740. The van der Waals surface area contributed by atoms with Crippen molar-refractivity contribution in [3.8, 4) is 11.8 Å². The molecule has 11 heavy (non-hydrogen) atoms. The highest BCUT2D eigenvalue weighted by Gasteiger charge is 2.02. The largest absolute Gasteiger partial charge is 0.389 e. The first-order chi connectivity index (χ1) is 4.92. The molecule has 0 heterocycles. The molecule has 1 nitrogen and oxygen atoms in total. The van der Waals surface area contributed by atoms with Crippen molar-refractivity contribution in [3.63, 3.8) is 0 Å². The normalized spacial score (nSPS) is 14.3. The zero-order valence-electron chi connectivity index (χ0n) is 7.68. The fourth-order valence-corrected chi connectivity index (χ4v) is 0.446. The van der Waals surface area contributed by atoms with Crippen LogP contribution in [0.1, 0.15) is 27.7 Å². The highest BCUT2D eigenvalue weighted by atomic mass is 16.3. The van der Waals surface area contributed by atoms with E-state index in [2.05, 4.69) is 32.6 Å². The van der Waals surface area contributed by atoms with Gasteiger partial charge in [-0.3, -0.25) is 0 Å². The number of aliphatic hydroxyl groups excluding tert-OH is 1. The molecule has 0 fully saturated rings. The molecule has 0 radical (unpaired) electrons. The van der Waals surface area contributed by atoms with Gasteiger partial charge in [0.1, 0.15) is 0 Å². The highest BCUT2D eigenvalue weighted by molar-refractivity contribution is 5.19. The van der Waals surface area contributed by atoms with E-state index in [9.17, 15) is 0 Å². The van der Waals surface area contributed by atoms with E-state index in [0.29, 0.717) is 0 Å². The topological polar surface area (TPSA) is 20.2 Å². The number of hydrogen-bond donors (Lipinski definition) is 1. The van der Waals surface area contributed by atoms with Crippen LogP contribution in [-0.2, 0) is 0 Å². The summed E-state index contributed by atoms with van der Waals surface area (Å²) in [5, 5.41) is 8.83. The summed E-state index contributed by atoms with van der Waals surface area (Å²) in [5.74, 6) is 5.90. The first kappa shape index (κ1) is 10.3. The minimum Gasteiger partial charge on any atom is -0.389 e. The molecule has 1 atom stereocenters. The Bertz CT molecular complexity index is 183. The maximum atomic E-state index is 8.83. The van der Waals surface area contributed by atoms with Crippen LogP contribution in [0.3, 0.4) is 0 Å². The molecule has 0 aromatic carbocycles. The Morgan fingerprint density at radius 3 is 2.27 bits per heavy atom. The Labute approximate surface area is 69.1 Å². The van der Waals surface area contributed by atoms with Crippen LogP contribution < -0.4 is 0 Å². The maximum absolute atomic E-state index is 8.83. The Kier molecular flexibility index (Phi) is 3.92. The molecule has 1 N–H and O–H groups in total. The summed E-state index contributed by atoms with van der Waals surface area (Å²) in [7, 11) is 0. The van der Waals surface area contributed by atoms with Gasteiger partial charge in [0, 0.05) is 5.41 Å². The van der Waals surface area contributed by atoms with Gasteiger partial charge in [-0.1, -0.05) is 11.8 Å². The van der Waals surface area contributed by atoms with Crippen LogP contribution in [0.15, 0.2) is 12.2 Å². The molecule has 0 spiro atoms. The monoisotopic (exact) mass is 152 g/mol. The summed E-state index contributed by atoms with van der Waals surface area (Å²) in [6, 6.07) is 0. The molecule has 0 aliphatic carbocycles. The van der Waals surface area contributed by atoms with Crippen molar-refractivity contribution in [2.45, 2.75) is 33.8 Å². The molecule has 0 saturated carbocycles. The van der Waals surface area contributed by atoms with Crippen molar-refractivity contribution in [1.29, 1.82) is 0 Å². The molecule has 0 aliphatic rings. The van der Waals surface area contributed by atoms with Crippen LogP contribution in [0.4, 0.5) is 0 Å². The highest BCUT2D eigenvalue weighted by Crippen LogP contribution is 2.09. The average molecular weight is 152 g/mol. The van der Waals surface area contributed by atoms with Gasteiger partial charge in [-0.15, -0.1) is 0 Å². The fourth-order valence-electron chi connectivity index (χ4n) is 0.446. The van der Waals surface area contributed by atoms with Crippen molar-refractivity contribution in [2.24, 2.45) is 5.41 Å². The van der Waals surface area contributed by atoms with Crippen LogP contribution in [0.25, 0.3) is 0 Å². The number of rotatable bonds is 1. The van der Waals surface area contributed by atoms with Crippen LogP contribution >= 0.6 is 0 Å². The van der Waals surface area contributed by atoms with E-state index in [-0.39, 0.29) is 5.41 Å². The summed E-state index contributed by atoms with van der Waals surface area (Å²) in [6.45, 7) is 7.86. The summed E-state index contributed by atoms with van der Waals surface area (Å²) in [4.78, 5) is 0. The quantitative estimate of drug-likeness (QED) is 0.569. The van der Waals surface area contributed by atoms with Gasteiger partial charge in [-0.2, -0.15) is 0 Å². The van der Waals surface area contributed by atoms with Crippen molar-refractivity contribution < 1.29 is 5.11 Å². The van der Waals surface area contributed by atoms with Crippen molar-refractivity contribution in [3.05, 3.63) is 12.2 Å². The van der Waals surface area contributed by atoms with Crippen LogP contribution in [-0.4, -0.2) is 11.2 Å². The van der Waals surface area contributed by atoms with Gasteiger partial charge in [0.2, 0.25) is 0 Å². The van der Waals surface area contributed by atoms with E-state index in [1.165, 1.54) is 0 Å². The molecule has 0 aliphatic heterocycles. The molecule has 0 saturated heterocycles. The Morgan fingerprint density at radius 1 is 1.36 bits per heavy atom. The van der Waals surface area contributed by atoms with Gasteiger partial charge in [0.25, 0.3) is 0 Å². The van der Waals surface area contributed by atoms with Crippen molar-refractivity contribution >= 4 is 0 Å². The molecular weight excluding hydrogens is 136 g/mol. The van der Waals surface area contributed by atoms with Crippen LogP contribution in [0.2, 0.25) is 0 Å². The predicted molar refractivity (Wildman–Crippen MR) is 48.1 cm³/mol. The van der Waals surface area contributed by atoms with E-state index in [4.69, 9.17) is 5.11 Å². The number of hydrogen-bond acceptors (Lipinski definition) is 1. The molecule has 0 rings (SSSR count). The molecule has 0 aromatic rings. The second-order valence-electron chi connectivity index (χ2n) is 3.62. The zero-order valence-corrected chi connectivity index (χ0v) is 7.68. The third kappa shape index (κ3) is 9.26. The molecule has 1 unspecified atom stereocenters. The molecule has 1 heteroatoms. The first-order valence-corrected chi connectivity index (χ1v) is 3.79. The second-order valence-corrected chi connectivity index (χ2v) is 3.62. The van der Waals surface area contributed by atoms with Crippen molar-refractivity contribution in [2.75, 3.05) is 0 Å². The Morgan fingerprint density at radius 2 is 1.91 bits per heavy atom. The first-order valence-electron chi connectivity index (χ1n) is 3.79. The van der Waals surface area contributed by atoms with Gasteiger partial charge in [-0.25, -0.2) is 0 Å². The van der Waals surface area contributed by atoms with Gasteiger partial charge in [0.05, 0.1) is 6.10 Å². The molecule has 0 bridgehead atoms. The maximum Gasteiger partial charge on any atom is 0.0701 e. The standard InChI is InChI=1S/C10H16O/c1-9(11)7-5-6-8-10(2,3)4/h5,7,9,11H,1-4H3/b7-5-. The van der Waals surface area contributed by atoms with E-state index in [0.717, 1.165) is 0 Å². The summed E-state index contributed by atoms with van der Waals surface area (Å²) < 4.78 is 0. The van der Waals surface area contributed by atoms with Gasteiger partial charge < -0.3 is 5.11 Å². The lowest BCUT2D eigenvalue weighted by molar-refractivity contribution is 0.244. The van der Waals surface area contributed by atoms with E-state index in [1.807, 2.05) is 0 Å². The smallest absolute Gasteiger partial charge is 0.0701 e. The molecule has 0 amide bonds. The molecular formula is C10H16O. The van der Waals surface area contributed by atoms with Crippen molar-refractivity contribution in [1.82, 2.24) is 0 Å². The van der Waals surface area contributed by atoms with Gasteiger partial charge >= 0.3 is 0 Å². The lowest BCUT2D eigenvalue weighted by Gasteiger charge is -2.05. The van der Waals surface area contributed by atoms with E-state index < -0.39 is 6.10 Å². The fraction of sp³-hybridized carbons (Fsp3) is 0.600. The van der Waals surface area contributed by atoms with E-state index >= 15 is 0 Å². The van der Waals surface area contributed by atoms with Gasteiger partial charge in [-0.05, 0) is 39.8 Å². The number of allylic oxidation sites excluding steroid dienone is 1. The SMILES string of the molecule is CC(O)/C=C\C#CC(C)(C)C. The zero-order chi connectivity index (χ0) is 8.91. The molecule has 62 valence electrons. The third-order valence-corrected chi connectivity index (χ3v) is 0.905. The lowest BCUT2D eigenvalue weighted by Crippen LogP contribution is -1.98. The number of aliphatic hydroxyl groups is 1. The average Bonchev–Trinajstić information content (AvgIpc) is 1.78. The van der Waals surface area contributed by atoms with E-state index in [1.54, 1.807) is 19.1 Å². The summed E-state index contributed by atoms with van der Waals surface area (Å²) in [5.41, 5.74) is 0.0447. The Balaban J connectivity index is 3.92. The molecule has 0 aromatic heterocycles. The summed E-state index contributed by atoms with van der Waals surface area (Å²) in [6.07, 6.45) is 2.96. The second kappa shape index (κ2) is 4.20.